The number of hydrogen-bond donors (Lipinski definition) is 3. The van der Waals surface area contributed by atoms with Crippen LogP contribution < -0.4 is 11.3 Å². The second-order valence-electron chi connectivity index (χ2n) is 3.03. The van der Waals surface area contributed by atoms with Crippen molar-refractivity contribution in [3.63, 3.8) is 0 Å². The summed E-state index contributed by atoms with van der Waals surface area (Å²) in [6.07, 6.45) is 1.84. The molecule has 14 heavy (non-hydrogen) atoms. The Bertz CT molecular complexity index is 372. The van der Waals surface area contributed by atoms with Crippen molar-refractivity contribution in [1.82, 2.24) is 4.98 Å². The zero-order chi connectivity index (χ0) is 10.6. The zero-order valence-electron chi connectivity index (χ0n) is 7.56. The minimum Gasteiger partial charge on any atom is -0.481 e. The molecule has 0 aliphatic heterocycles. The molecule has 1 aromatic heterocycles. The van der Waals surface area contributed by atoms with Crippen molar-refractivity contribution in [3.8, 4) is 0 Å². The third kappa shape index (κ3) is 3.02. The predicted molar refractivity (Wildman–Crippen MR) is 50.9 cm³/mol. The normalized spacial score (nSPS) is 12.4. The maximum Gasteiger partial charge on any atom is 0.303 e. The monoisotopic (exact) mass is 196 g/mol. The highest BCUT2D eigenvalue weighted by atomic mass is 16.4. The lowest BCUT2D eigenvalue weighted by Gasteiger charge is -2.09. The Morgan fingerprint density at radius 2 is 2.36 bits per heavy atom. The number of nitrogens with one attached hydrogen (secondary N) is 1. The molecule has 0 saturated heterocycles. The van der Waals surface area contributed by atoms with Gasteiger partial charge in [-0.05, 0) is 18.1 Å². The number of aliphatic carboxylic acids is 1. The van der Waals surface area contributed by atoms with Crippen LogP contribution in [0.3, 0.4) is 0 Å². The van der Waals surface area contributed by atoms with E-state index < -0.39 is 12.0 Å². The first kappa shape index (κ1) is 10.5. The van der Waals surface area contributed by atoms with Gasteiger partial charge in [0.2, 0.25) is 5.56 Å². The van der Waals surface area contributed by atoms with Crippen LogP contribution in [0.25, 0.3) is 0 Å². The van der Waals surface area contributed by atoms with Gasteiger partial charge in [0.25, 0.3) is 0 Å². The van der Waals surface area contributed by atoms with Gasteiger partial charge < -0.3 is 15.8 Å². The molecule has 4 N–H and O–H groups in total. The fraction of sp³-hybridized carbons (Fsp3) is 0.333. The lowest BCUT2D eigenvalue weighted by Crippen LogP contribution is -2.15. The Morgan fingerprint density at radius 3 is 2.93 bits per heavy atom. The summed E-state index contributed by atoms with van der Waals surface area (Å²) in [5.41, 5.74) is 6.13. The van der Waals surface area contributed by atoms with E-state index in [0.29, 0.717) is 12.0 Å². The second kappa shape index (κ2) is 4.57. The van der Waals surface area contributed by atoms with Gasteiger partial charge in [0.05, 0.1) is 0 Å². The topological polar surface area (TPSA) is 96.2 Å². The number of carboxylic acids is 1. The molecule has 0 bridgehead atoms. The minimum absolute atomic E-state index is 0.00790. The van der Waals surface area contributed by atoms with E-state index >= 15 is 0 Å². The molecule has 1 rings (SSSR count). The van der Waals surface area contributed by atoms with Crippen LogP contribution in [0, 0.1) is 0 Å². The number of pyridine rings is 1. The maximum absolute atomic E-state index is 10.9. The van der Waals surface area contributed by atoms with Gasteiger partial charge in [0, 0.05) is 24.7 Å². The van der Waals surface area contributed by atoms with E-state index in [1.165, 1.54) is 12.3 Å². The molecule has 0 fully saturated rings. The minimum atomic E-state index is -0.884. The molecule has 5 nitrogen and oxygen atoms in total. The standard InChI is InChI=1S/C9H12N2O3/c10-7(1-2-9(13)14)6-3-4-11-8(12)5-6/h3-5,7H,1-2,10H2,(H,11,12)(H,13,14). The van der Waals surface area contributed by atoms with Crippen molar-refractivity contribution < 1.29 is 9.90 Å². The number of aromatic amines is 1. The third-order valence-electron chi connectivity index (χ3n) is 1.90. The molecule has 0 spiro atoms. The van der Waals surface area contributed by atoms with E-state index in [-0.39, 0.29) is 12.0 Å². The first-order valence-corrected chi connectivity index (χ1v) is 4.25. The van der Waals surface area contributed by atoms with Gasteiger partial charge in [-0.25, -0.2) is 0 Å². The number of carboxylic acid groups (broad SMARTS) is 1. The zero-order valence-corrected chi connectivity index (χ0v) is 7.56. The van der Waals surface area contributed by atoms with Gasteiger partial charge >= 0.3 is 5.97 Å². The largest absolute Gasteiger partial charge is 0.481 e. The predicted octanol–water partition coefficient (Wildman–Crippen LogP) is 0.239. The molecule has 0 saturated carbocycles. The molecular formula is C9H12N2O3. The van der Waals surface area contributed by atoms with Gasteiger partial charge in [-0.2, -0.15) is 0 Å². The van der Waals surface area contributed by atoms with E-state index in [9.17, 15) is 9.59 Å². The SMILES string of the molecule is NC(CCC(=O)O)c1cc[nH]c(=O)c1. The number of rotatable bonds is 4. The van der Waals surface area contributed by atoms with Gasteiger partial charge in [-0.1, -0.05) is 0 Å². The first-order chi connectivity index (χ1) is 6.59. The Morgan fingerprint density at radius 1 is 1.64 bits per heavy atom. The van der Waals surface area contributed by atoms with Gasteiger partial charge in [-0.3, -0.25) is 9.59 Å². The summed E-state index contributed by atoms with van der Waals surface area (Å²) in [6.45, 7) is 0. The maximum atomic E-state index is 10.9. The molecule has 1 atom stereocenters. The van der Waals surface area contributed by atoms with E-state index in [0.717, 1.165) is 0 Å². The molecule has 5 heteroatoms. The average Bonchev–Trinajstić information content (AvgIpc) is 2.14. The number of aromatic nitrogens is 1. The molecule has 0 radical (unpaired) electrons. The summed E-state index contributed by atoms with van der Waals surface area (Å²) in [5.74, 6) is -0.884. The lowest BCUT2D eigenvalue weighted by molar-refractivity contribution is -0.137. The lowest BCUT2D eigenvalue weighted by atomic mass is 10.0. The molecule has 1 aromatic rings. The van der Waals surface area contributed by atoms with Crippen LogP contribution >= 0.6 is 0 Å². The quantitative estimate of drug-likeness (QED) is 0.642. The van der Waals surface area contributed by atoms with E-state index in [2.05, 4.69) is 4.98 Å². The van der Waals surface area contributed by atoms with Crippen LogP contribution in [0.5, 0.6) is 0 Å². The number of hydrogen-bond acceptors (Lipinski definition) is 3. The van der Waals surface area contributed by atoms with Gasteiger partial charge in [0.15, 0.2) is 0 Å². The highest BCUT2D eigenvalue weighted by Crippen LogP contribution is 2.12. The van der Waals surface area contributed by atoms with Crippen LogP contribution in [0.4, 0.5) is 0 Å². The summed E-state index contributed by atoms with van der Waals surface area (Å²) in [6, 6.07) is 2.66. The number of nitrogens with two attached hydrogens (primary N) is 1. The molecule has 0 aliphatic rings. The van der Waals surface area contributed by atoms with Crippen LogP contribution in [-0.4, -0.2) is 16.1 Å². The summed E-state index contributed by atoms with van der Waals surface area (Å²) >= 11 is 0. The van der Waals surface area contributed by atoms with Crippen LogP contribution in [-0.2, 0) is 4.79 Å². The van der Waals surface area contributed by atoms with Crippen molar-refractivity contribution in [3.05, 3.63) is 34.2 Å². The average molecular weight is 196 g/mol. The Hall–Kier alpha value is -1.62. The van der Waals surface area contributed by atoms with Gasteiger partial charge in [0.1, 0.15) is 0 Å². The van der Waals surface area contributed by atoms with Crippen molar-refractivity contribution in [1.29, 1.82) is 0 Å². The van der Waals surface area contributed by atoms with Crippen LogP contribution in [0.1, 0.15) is 24.4 Å². The molecule has 0 aliphatic carbocycles. The highest BCUT2D eigenvalue weighted by Gasteiger charge is 2.08. The number of carbonyl (C=O) groups is 1. The summed E-state index contributed by atoms with van der Waals surface area (Å²) in [5, 5.41) is 8.44. The molecule has 0 aromatic carbocycles. The van der Waals surface area contributed by atoms with E-state index in [1.807, 2.05) is 0 Å². The third-order valence-corrected chi connectivity index (χ3v) is 1.90. The Balaban J connectivity index is 2.65. The van der Waals surface area contributed by atoms with Crippen molar-refractivity contribution in [2.75, 3.05) is 0 Å². The molecule has 1 unspecified atom stereocenters. The summed E-state index contributed by atoms with van der Waals surface area (Å²) in [7, 11) is 0. The van der Waals surface area contributed by atoms with Crippen molar-refractivity contribution in [2.45, 2.75) is 18.9 Å². The molecule has 0 amide bonds. The molecule has 76 valence electrons. The molecular weight excluding hydrogens is 184 g/mol. The highest BCUT2D eigenvalue weighted by molar-refractivity contribution is 5.66. The van der Waals surface area contributed by atoms with Crippen molar-refractivity contribution in [2.24, 2.45) is 5.73 Å². The Labute approximate surface area is 80.6 Å². The number of H-pyrrole nitrogens is 1. The first-order valence-electron chi connectivity index (χ1n) is 4.25. The fourth-order valence-electron chi connectivity index (χ4n) is 1.14. The Kier molecular flexibility index (Phi) is 3.41. The van der Waals surface area contributed by atoms with Crippen LogP contribution in [0.15, 0.2) is 23.1 Å². The van der Waals surface area contributed by atoms with Gasteiger partial charge in [-0.15, -0.1) is 0 Å². The van der Waals surface area contributed by atoms with Crippen molar-refractivity contribution >= 4 is 5.97 Å². The fourth-order valence-corrected chi connectivity index (χ4v) is 1.14. The molecule has 1 heterocycles. The van der Waals surface area contributed by atoms with E-state index in [4.69, 9.17) is 10.8 Å². The summed E-state index contributed by atoms with van der Waals surface area (Å²) in [4.78, 5) is 23.6. The summed E-state index contributed by atoms with van der Waals surface area (Å²) < 4.78 is 0. The smallest absolute Gasteiger partial charge is 0.303 e. The van der Waals surface area contributed by atoms with E-state index in [1.54, 1.807) is 6.07 Å². The van der Waals surface area contributed by atoms with Crippen LogP contribution in [0.2, 0.25) is 0 Å². The second-order valence-corrected chi connectivity index (χ2v) is 3.03.